The number of amidine groups is 1. The number of likely N-dealkylation sites (tertiary alicyclic amines) is 1. The number of hydrogen-bond acceptors (Lipinski definition) is 6. The summed E-state index contributed by atoms with van der Waals surface area (Å²) in [5.74, 6) is 2.75. The largest absolute Gasteiger partial charge is 0.460 e. The van der Waals surface area contributed by atoms with Gasteiger partial charge in [-0.3, -0.25) is 15.2 Å². The summed E-state index contributed by atoms with van der Waals surface area (Å²) in [6.45, 7) is 4.13. The molecule has 0 amide bonds. The molecule has 3 rings (SSSR count). The molecule has 1 N–H and O–H groups in total. The molecular weight excluding hydrogens is 376 g/mol. The monoisotopic (exact) mass is 402 g/mol. The van der Waals surface area contributed by atoms with Crippen LogP contribution in [0.5, 0.6) is 0 Å². The Morgan fingerprint density at radius 2 is 2.15 bits per heavy atom. The van der Waals surface area contributed by atoms with E-state index in [4.69, 9.17) is 9.68 Å². The molecule has 1 aromatic heterocycles. The third-order valence-corrected chi connectivity index (χ3v) is 6.16. The number of aliphatic imine (C=N–C) groups is 1. The Morgan fingerprint density at radius 1 is 1.30 bits per heavy atom. The summed E-state index contributed by atoms with van der Waals surface area (Å²) in [7, 11) is 0. The van der Waals surface area contributed by atoms with Crippen LogP contribution in [-0.4, -0.2) is 41.7 Å². The summed E-state index contributed by atoms with van der Waals surface area (Å²) in [6.07, 6.45) is 7.82. The maximum Gasteiger partial charge on any atom is 0.183 e. The van der Waals surface area contributed by atoms with E-state index in [9.17, 15) is 0 Å². The van der Waals surface area contributed by atoms with Crippen LogP contribution in [0.15, 0.2) is 33.7 Å². The molecule has 0 aliphatic carbocycles. The van der Waals surface area contributed by atoms with Crippen molar-refractivity contribution in [3.05, 3.63) is 35.6 Å². The van der Waals surface area contributed by atoms with Gasteiger partial charge in [-0.25, -0.2) is 0 Å². The number of rotatable bonds is 7. The van der Waals surface area contributed by atoms with E-state index in [0.717, 1.165) is 29.4 Å². The fourth-order valence-corrected chi connectivity index (χ4v) is 4.34. The third-order valence-electron chi connectivity index (χ3n) is 4.58. The van der Waals surface area contributed by atoms with Gasteiger partial charge < -0.3 is 4.42 Å². The van der Waals surface area contributed by atoms with E-state index in [2.05, 4.69) is 39.5 Å². The van der Waals surface area contributed by atoms with Crippen LogP contribution in [0.2, 0.25) is 0 Å². The molecule has 1 fully saturated rings. The van der Waals surface area contributed by atoms with Crippen LogP contribution in [0.1, 0.15) is 30.6 Å². The summed E-state index contributed by atoms with van der Waals surface area (Å²) in [5.41, 5.74) is 2.32. The average molecular weight is 403 g/mol. The molecule has 0 saturated carbocycles. The van der Waals surface area contributed by atoms with Crippen LogP contribution in [0.25, 0.3) is 11.0 Å². The van der Waals surface area contributed by atoms with Crippen LogP contribution in [0.4, 0.5) is 0 Å². The number of thioether (sulfide) groups is 2. The molecule has 0 spiro atoms. The summed E-state index contributed by atoms with van der Waals surface area (Å²) in [4.78, 5) is 6.90. The molecule has 7 heteroatoms. The predicted octanol–water partition coefficient (Wildman–Crippen LogP) is 4.44. The van der Waals surface area contributed by atoms with E-state index in [1.807, 2.05) is 12.4 Å². The van der Waals surface area contributed by atoms with Crippen LogP contribution in [0.3, 0.4) is 0 Å². The number of furan rings is 1. The van der Waals surface area contributed by atoms with Gasteiger partial charge in [0, 0.05) is 17.7 Å². The summed E-state index contributed by atoms with van der Waals surface area (Å²) in [5, 5.41) is 13.0. The number of hydrogen-bond donors (Lipinski definition) is 1. The van der Waals surface area contributed by atoms with E-state index in [0.29, 0.717) is 11.7 Å². The zero-order valence-corrected chi connectivity index (χ0v) is 17.4. The number of nitrogens with one attached hydrogen (secondary N) is 1. The van der Waals surface area contributed by atoms with Crippen molar-refractivity contribution in [3.8, 4) is 6.19 Å². The molecule has 5 nitrogen and oxygen atoms in total. The van der Waals surface area contributed by atoms with Crippen LogP contribution >= 0.6 is 23.5 Å². The lowest BCUT2D eigenvalue weighted by molar-refractivity contribution is 0.221. The predicted molar refractivity (Wildman–Crippen MR) is 116 cm³/mol. The maximum atomic E-state index is 8.62. The van der Waals surface area contributed by atoms with Crippen molar-refractivity contribution >= 4 is 39.7 Å². The van der Waals surface area contributed by atoms with Gasteiger partial charge in [-0.1, -0.05) is 30.3 Å². The van der Waals surface area contributed by atoms with Gasteiger partial charge in [0.2, 0.25) is 0 Å². The molecule has 0 bridgehead atoms. The molecule has 144 valence electrons. The molecule has 1 saturated heterocycles. The lowest BCUT2D eigenvalue weighted by atomic mass is 10.1. The van der Waals surface area contributed by atoms with E-state index < -0.39 is 0 Å². The number of fused-ring (bicyclic) bond motifs is 1. The zero-order chi connectivity index (χ0) is 18.9. The van der Waals surface area contributed by atoms with Gasteiger partial charge in [0.05, 0.1) is 12.3 Å². The van der Waals surface area contributed by atoms with Gasteiger partial charge in [-0.05, 0) is 49.9 Å². The first-order chi connectivity index (χ1) is 13.3. The lowest BCUT2D eigenvalue weighted by Crippen LogP contribution is -2.28. The van der Waals surface area contributed by atoms with Gasteiger partial charge in [0.25, 0.3) is 0 Å². The maximum absolute atomic E-state index is 8.62. The van der Waals surface area contributed by atoms with Gasteiger partial charge in [-0.2, -0.15) is 17.0 Å². The second kappa shape index (κ2) is 10.6. The first-order valence-electron chi connectivity index (χ1n) is 9.33. The molecule has 0 unspecified atom stereocenters. The second-order valence-electron chi connectivity index (χ2n) is 6.60. The zero-order valence-electron chi connectivity index (χ0n) is 15.7. The number of nitrogens with zero attached hydrogens (tertiary/aromatic N) is 3. The second-order valence-corrected chi connectivity index (χ2v) is 8.50. The summed E-state index contributed by atoms with van der Waals surface area (Å²) >= 11 is 3.25. The smallest absolute Gasteiger partial charge is 0.183 e. The molecule has 0 atom stereocenters. The highest BCUT2D eigenvalue weighted by Crippen LogP contribution is 2.25. The van der Waals surface area contributed by atoms with Crippen molar-refractivity contribution < 1.29 is 4.42 Å². The Balaban J connectivity index is 1.50. The van der Waals surface area contributed by atoms with Crippen molar-refractivity contribution in [3.63, 3.8) is 0 Å². The standard InChI is InChI=1S/C20H26N4OS2/c1-26-20(23-15-21)22-7-10-27-14-18-12-17-6-5-16(11-19(17)25-18)13-24-8-3-2-4-9-24/h5-6,11-12H,2-4,7-10,13-14H2,1H3,(H,22,23). The van der Waals surface area contributed by atoms with Crippen molar-refractivity contribution in [1.29, 1.82) is 5.26 Å². The highest BCUT2D eigenvalue weighted by molar-refractivity contribution is 8.13. The number of nitriles is 1. The van der Waals surface area contributed by atoms with Crippen molar-refractivity contribution in [2.75, 3.05) is 31.6 Å². The van der Waals surface area contributed by atoms with Gasteiger partial charge in [0.1, 0.15) is 11.3 Å². The summed E-state index contributed by atoms with van der Waals surface area (Å²) in [6, 6.07) is 8.74. The Morgan fingerprint density at radius 3 is 2.93 bits per heavy atom. The minimum atomic E-state index is 0.670. The Bertz CT molecular complexity index is 806. The van der Waals surface area contributed by atoms with E-state index in [1.165, 1.54) is 55.1 Å². The van der Waals surface area contributed by atoms with Crippen LogP contribution in [0, 0.1) is 11.5 Å². The molecule has 27 heavy (non-hydrogen) atoms. The Labute approximate surface area is 169 Å². The van der Waals surface area contributed by atoms with Crippen molar-refractivity contribution in [1.82, 2.24) is 10.2 Å². The van der Waals surface area contributed by atoms with E-state index in [1.54, 1.807) is 11.8 Å². The molecule has 2 heterocycles. The fourth-order valence-electron chi connectivity index (χ4n) is 3.26. The van der Waals surface area contributed by atoms with Crippen LogP contribution < -0.4 is 5.32 Å². The highest BCUT2D eigenvalue weighted by Gasteiger charge is 2.11. The SMILES string of the molecule is CSC(=NCCSCc1cc2ccc(CN3CCCCC3)cc2o1)NC#N. The number of piperidine rings is 1. The molecule has 1 aromatic carbocycles. The number of benzene rings is 1. The third kappa shape index (κ3) is 6.20. The van der Waals surface area contributed by atoms with Gasteiger partial charge >= 0.3 is 0 Å². The minimum Gasteiger partial charge on any atom is -0.460 e. The molecule has 1 aliphatic heterocycles. The fraction of sp³-hybridized carbons (Fsp3) is 0.500. The molecule has 0 radical (unpaired) electrons. The quantitative estimate of drug-likeness (QED) is 0.243. The van der Waals surface area contributed by atoms with Gasteiger partial charge in [0.15, 0.2) is 11.4 Å². The van der Waals surface area contributed by atoms with Crippen molar-refractivity contribution in [2.24, 2.45) is 4.99 Å². The van der Waals surface area contributed by atoms with E-state index in [-0.39, 0.29) is 0 Å². The molecule has 1 aliphatic rings. The molecule has 2 aromatic rings. The lowest BCUT2D eigenvalue weighted by Gasteiger charge is -2.26. The first-order valence-corrected chi connectivity index (χ1v) is 11.7. The first kappa shape index (κ1) is 20.1. The normalized spacial score (nSPS) is 15.8. The van der Waals surface area contributed by atoms with Crippen molar-refractivity contribution in [2.45, 2.75) is 31.6 Å². The Hall–Kier alpha value is -1.62. The molecular formula is C20H26N4OS2. The topological polar surface area (TPSA) is 64.6 Å². The van der Waals surface area contributed by atoms with Gasteiger partial charge in [-0.15, -0.1) is 0 Å². The Kier molecular flexibility index (Phi) is 7.93. The average Bonchev–Trinajstić information content (AvgIpc) is 3.09. The van der Waals surface area contributed by atoms with E-state index >= 15 is 0 Å². The highest BCUT2D eigenvalue weighted by atomic mass is 32.2. The minimum absolute atomic E-state index is 0.670. The van der Waals surface area contributed by atoms with Crippen LogP contribution in [-0.2, 0) is 12.3 Å². The summed E-state index contributed by atoms with van der Waals surface area (Å²) < 4.78 is 6.05.